The molecule has 0 aliphatic carbocycles. The van der Waals surface area contributed by atoms with Crippen LogP contribution in [0.2, 0.25) is 0 Å². The van der Waals surface area contributed by atoms with Crippen LogP contribution >= 0.6 is 15.9 Å². The van der Waals surface area contributed by atoms with Crippen molar-refractivity contribution in [1.82, 2.24) is 10.2 Å². The summed E-state index contributed by atoms with van der Waals surface area (Å²) in [6.07, 6.45) is 1.25. The lowest BCUT2D eigenvalue weighted by Crippen LogP contribution is -2.32. The molecule has 0 aromatic heterocycles. The van der Waals surface area contributed by atoms with Crippen LogP contribution in [0, 0.1) is 0 Å². The highest BCUT2D eigenvalue weighted by molar-refractivity contribution is 9.10. The van der Waals surface area contributed by atoms with Gasteiger partial charge in [0.15, 0.2) is 0 Å². The maximum atomic E-state index is 3.61. The summed E-state index contributed by atoms with van der Waals surface area (Å²) < 4.78 is 1.16. The van der Waals surface area contributed by atoms with E-state index in [0.717, 1.165) is 24.1 Å². The molecule has 0 saturated carbocycles. The summed E-state index contributed by atoms with van der Waals surface area (Å²) >= 11 is 3.61. The Morgan fingerprint density at radius 1 is 1.40 bits per heavy atom. The molecular formula is C16H26BrN3. The van der Waals surface area contributed by atoms with E-state index in [4.69, 9.17) is 0 Å². The third-order valence-electron chi connectivity index (χ3n) is 3.98. The number of halogens is 1. The summed E-state index contributed by atoms with van der Waals surface area (Å²) in [6.45, 7) is 7.59. The summed E-state index contributed by atoms with van der Waals surface area (Å²) in [5, 5.41) is 3.53. The van der Waals surface area contributed by atoms with Crippen molar-refractivity contribution in [1.29, 1.82) is 0 Å². The number of benzene rings is 1. The van der Waals surface area contributed by atoms with Crippen molar-refractivity contribution in [3.63, 3.8) is 0 Å². The highest BCUT2D eigenvalue weighted by Gasteiger charge is 2.25. The lowest BCUT2D eigenvalue weighted by atomic mass is 10.1. The number of nitrogens with zero attached hydrogens (tertiary/aromatic N) is 2. The van der Waals surface area contributed by atoms with Gasteiger partial charge < -0.3 is 15.1 Å². The largest absolute Gasteiger partial charge is 0.370 e. The molecule has 1 atom stereocenters. The van der Waals surface area contributed by atoms with Crippen LogP contribution in [0.25, 0.3) is 0 Å². The molecule has 3 nitrogen and oxygen atoms in total. The minimum Gasteiger partial charge on any atom is -0.370 e. The van der Waals surface area contributed by atoms with E-state index in [1.165, 1.54) is 17.7 Å². The van der Waals surface area contributed by atoms with E-state index < -0.39 is 0 Å². The van der Waals surface area contributed by atoms with Gasteiger partial charge in [-0.1, -0.05) is 35.8 Å². The van der Waals surface area contributed by atoms with Crippen LogP contribution in [0.3, 0.4) is 0 Å². The normalized spacial score (nSPS) is 19.4. The number of anilines is 1. The molecule has 20 heavy (non-hydrogen) atoms. The van der Waals surface area contributed by atoms with Gasteiger partial charge in [-0.25, -0.2) is 0 Å². The molecule has 1 aliphatic rings. The fraction of sp³-hybridized carbons (Fsp3) is 0.625. The van der Waals surface area contributed by atoms with Crippen molar-refractivity contribution in [2.75, 3.05) is 32.1 Å². The number of likely N-dealkylation sites (N-methyl/N-ethyl adjacent to an activating group) is 1. The van der Waals surface area contributed by atoms with Gasteiger partial charge in [-0.3, -0.25) is 0 Å². The van der Waals surface area contributed by atoms with Crippen LogP contribution in [0.4, 0.5) is 5.69 Å². The number of hydrogen-bond donors (Lipinski definition) is 1. The van der Waals surface area contributed by atoms with E-state index in [1.807, 2.05) is 0 Å². The number of nitrogens with one attached hydrogen (secondary N) is 1. The molecule has 0 radical (unpaired) electrons. The predicted molar refractivity (Wildman–Crippen MR) is 90.4 cm³/mol. The standard InChI is InChI=1S/C16H26BrN3/c1-12(2)18-10-13-5-6-14(17)9-16(13)20-8-7-15(11-20)19(3)4/h5-6,9,12,15,18H,7-8,10-11H2,1-4H3. The van der Waals surface area contributed by atoms with Crippen molar-refractivity contribution in [2.45, 2.75) is 38.9 Å². The van der Waals surface area contributed by atoms with E-state index in [1.54, 1.807) is 0 Å². The van der Waals surface area contributed by atoms with Gasteiger partial charge in [-0.05, 0) is 38.2 Å². The Morgan fingerprint density at radius 2 is 2.15 bits per heavy atom. The SMILES string of the molecule is CC(C)NCc1ccc(Br)cc1N1CCC(N(C)C)C1. The Labute approximate surface area is 131 Å². The minimum atomic E-state index is 0.514. The molecule has 2 rings (SSSR count). The summed E-state index contributed by atoms with van der Waals surface area (Å²) in [4.78, 5) is 4.86. The maximum Gasteiger partial charge on any atom is 0.0423 e. The molecule has 1 N–H and O–H groups in total. The summed E-state index contributed by atoms with van der Waals surface area (Å²) in [5.74, 6) is 0. The van der Waals surface area contributed by atoms with Crippen molar-refractivity contribution in [2.24, 2.45) is 0 Å². The van der Waals surface area contributed by atoms with Crippen LogP contribution in [0.5, 0.6) is 0 Å². The van der Waals surface area contributed by atoms with E-state index in [0.29, 0.717) is 12.1 Å². The molecule has 1 aromatic rings. The van der Waals surface area contributed by atoms with Crippen LogP contribution in [0.1, 0.15) is 25.8 Å². The topological polar surface area (TPSA) is 18.5 Å². The quantitative estimate of drug-likeness (QED) is 0.889. The second-order valence-electron chi connectivity index (χ2n) is 6.16. The average molecular weight is 340 g/mol. The lowest BCUT2D eigenvalue weighted by Gasteiger charge is -2.25. The number of rotatable bonds is 5. The van der Waals surface area contributed by atoms with Crippen molar-refractivity contribution in [3.8, 4) is 0 Å². The smallest absolute Gasteiger partial charge is 0.0423 e. The Hall–Kier alpha value is -0.580. The van der Waals surface area contributed by atoms with Gasteiger partial charge in [-0.2, -0.15) is 0 Å². The first kappa shape index (κ1) is 15.8. The fourth-order valence-corrected chi connectivity index (χ4v) is 3.03. The van der Waals surface area contributed by atoms with E-state index in [-0.39, 0.29) is 0 Å². The Bertz CT molecular complexity index is 445. The predicted octanol–water partition coefficient (Wildman–Crippen LogP) is 3.09. The van der Waals surface area contributed by atoms with E-state index in [9.17, 15) is 0 Å². The summed E-state index contributed by atoms with van der Waals surface area (Å²) in [6, 6.07) is 7.81. The summed E-state index contributed by atoms with van der Waals surface area (Å²) in [5.41, 5.74) is 2.76. The molecule has 1 aromatic carbocycles. The highest BCUT2D eigenvalue weighted by atomic mass is 79.9. The third-order valence-corrected chi connectivity index (χ3v) is 4.48. The van der Waals surface area contributed by atoms with Crippen molar-refractivity contribution in [3.05, 3.63) is 28.2 Å². The Morgan fingerprint density at radius 3 is 2.75 bits per heavy atom. The first-order valence-electron chi connectivity index (χ1n) is 7.40. The average Bonchev–Trinajstić information content (AvgIpc) is 2.86. The first-order valence-corrected chi connectivity index (χ1v) is 8.20. The molecule has 1 saturated heterocycles. The Balaban J connectivity index is 2.15. The molecule has 4 heteroatoms. The monoisotopic (exact) mass is 339 g/mol. The molecule has 112 valence electrons. The second kappa shape index (κ2) is 6.92. The van der Waals surface area contributed by atoms with Gasteiger partial charge in [-0.15, -0.1) is 0 Å². The van der Waals surface area contributed by atoms with Crippen LogP contribution in [0.15, 0.2) is 22.7 Å². The maximum absolute atomic E-state index is 3.61. The zero-order chi connectivity index (χ0) is 14.7. The molecule has 1 heterocycles. The first-order chi connectivity index (χ1) is 9.47. The van der Waals surface area contributed by atoms with Gasteiger partial charge >= 0.3 is 0 Å². The second-order valence-corrected chi connectivity index (χ2v) is 7.08. The molecule has 0 spiro atoms. The van der Waals surface area contributed by atoms with Crippen molar-refractivity contribution >= 4 is 21.6 Å². The lowest BCUT2D eigenvalue weighted by molar-refractivity contribution is 0.315. The zero-order valence-corrected chi connectivity index (χ0v) is 14.6. The number of hydrogen-bond acceptors (Lipinski definition) is 3. The van der Waals surface area contributed by atoms with Gasteiger partial charge in [0.2, 0.25) is 0 Å². The summed E-state index contributed by atoms with van der Waals surface area (Å²) in [7, 11) is 4.35. The zero-order valence-electron chi connectivity index (χ0n) is 13.0. The van der Waals surface area contributed by atoms with E-state index >= 15 is 0 Å². The van der Waals surface area contributed by atoms with Crippen LogP contribution < -0.4 is 10.2 Å². The minimum absolute atomic E-state index is 0.514. The molecule has 1 aliphatic heterocycles. The van der Waals surface area contributed by atoms with Gasteiger partial charge in [0.1, 0.15) is 0 Å². The third kappa shape index (κ3) is 3.96. The van der Waals surface area contributed by atoms with E-state index in [2.05, 4.69) is 77.2 Å². The van der Waals surface area contributed by atoms with Crippen LogP contribution in [-0.2, 0) is 6.54 Å². The fourth-order valence-electron chi connectivity index (χ4n) is 2.68. The van der Waals surface area contributed by atoms with Gasteiger partial charge in [0.25, 0.3) is 0 Å². The Kier molecular flexibility index (Phi) is 5.47. The molecule has 1 fully saturated rings. The van der Waals surface area contributed by atoms with Crippen molar-refractivity contribution < 1.29 is 0 Å². The van der Waals surface area contributed by atoms with Crippen LogP contribution in [-0.4, -0.2) is 44.2 Å². The van der Waals surface area contributed by atoms with Gasteiger partial charge in [0, 0.05) is 41.9 Å². The highest BCUT2D eigenvalue weighted by Crippen LogP contribution is 2.29. The molecular weight excluding hydrogens is 314 g/mol. The molecule has 0 bridgehead atoms. The molecule has 1 unspecified atom stereocenters. The van der Waals surface area contributed by atoms with Gasteiger partial charge in [0.05, 0.1) is 0 Å². The molecule has 0 amide bonds.